The number of imidazole rings is 1. The molecule has 0 bridgehead atoms. The number of aryl methyl sites for hydroxylation is 2. The summed E-state index contributed by atoms with van der Waals surface area (Å²) in [6, 6.07) is 8.96. The third-order valence-corrected chi connectivity index (χ3v) is 4.56. The van der Waals surface area contributed by atoms with Crippen LogP contribution in [0.25, 0.3) is 0 Å². The number of nitrogens with zero attached hydrogens (tertiary/aromatic N) is 2. The fourth-order valence-electron chi connectivity index (χ4n) is 3.79. The zero-order valence-electron chi connectivity index (χ0n) is 9.89. The number of hydrogen-bond donors (Lipinski definition) is 0. The van der Waals surface area contributed by atoms with Gasteiger partial charge in [-0.3, -0.25) is 0 Å². The summed E-state index contributed by atoms with van der Waals surface area (Å²) >= 11 is 0. The molecular formula is C15H16N2. The van der Waals surface area contributed by atoms with Crippen molar-refractivity contribution in [3.8, 4) is 0 Å². The van der Waals surface area contributed by atoms with Gasteiger partial charge in [0, 0.05) is 23.9 Å². The summed E-state index contributed by atoms with van der Waals surface area (Å²) in [5.41, 5.74) is 4.81. The van der Waals surface area contributed by atoms with Crippen LogP contribution in [-0.4, -0.2) is 9.55 Å². The lowest BCUT2D eigenvalue weighted by Crippen LogP contribution is -2.32. The molecule has 0 fully saturated rings. The highest BCUT2D eigenvalue weighted by molar-refractivity contribution is 5.46. The summed E-state index contributed by atoms with van der Waals surface area (Å²) in [5.74, 6) is 0. The average molecular weight is 224 g/mol. The minimum absolute atomic E-state index is 0.269. The highest BCUT2D eigenvalue weighted by atomic mass is 15.1. The Hall–Kier alpha value is -1.57. The van der Waals surface area contributed by atoms with Crippen molar-refractivity contribution >= 4 is 0 Å². The van der Waals surface area contributed by atoms with Crippen LogP contribution < -0.4 is 0 Å². The fraction of sp³-hybridized carbons (Fsp3) is 0.400. The second kappa shape index (κ2) is 3.22. The third-order valence-electron chi connectivity index (χ3n) is 4.56. The Labute approximate surface area is 101 Å². The number of rotatable bonds is 0. The standard InChI is InChI=1S/C15H16N2/c1-2-5-13-12(4-1)6-8-15(13)7-3-9-17-11-16-10-14(15)17/h1-2,4-5,10-11H,3,6-9H2. The van der Waals surface area contributed by atoms with Crippen molar-refractivity contribution in [2.75, 3.05) is 0 Å². The molecule has 4 rings (SSSR count). The van der Waals surface area contributed by atoms with Crippen LogP contribution in [-0.2, 0) is 18.4 Å². The van der Waals surface area contributed by atoms with Crippen LogP contribution in [0.15, 0.2) is 36.8 Å². The third kappa shape index (κ3) is 1.13. The molecule has 1 unspecified atom stereocenters. The largest absolute Gasteiger partial charge is 0.334 e. The van der Waals surface area contributed by atoms with E-state index in [2.05, 4.69) is 40.0 Å². The summed E-state index contributed by atoms with van der Waals surface area (Å²) in [6.45, 7) is 1.14. The van der Waals surface area contributed by atoms with E-state index in [1.54, 1.807) is 11.1 Å². The molecule has 1 aliphatic carbocycles. The van der Waals surface area contributed by atoms with Gasteiger partial charge in [0.15, 0.2) is 0 Å². The summed E-state index contributed by atoms with van der Waals surface area (Å²) in [4.78, 5) is 4.36. The summed E-state index contributed by atoms with van der Waals surface area (Å²) < 4.78 is 2.35. The Morgan fingerprint density at radius 1 is 1.18 bits per heavy atom. The Morgan fingerprint density at radius 3 is 3.12 bits per heavy atom. The molecule has 0 amide bonds. The van der Waals surface area contributed by atoms with E-state index in [9.17, 15) is 0 Å². The van der Waals surface area contributed by atoms with Crippen molar-refractivity contribution in [3.63, 3.8) is 0 Å². The highest BCUT2D eigenvalue weighted by Crippen LogP contribution is 2.48. The molecule has 1 aromatic carbocycles. The molecule has 0 saturated heterocycles. The lowest BCUT2D eigenvalue weighted by atomic mass is 9.73. The van der Waals surface area contributed by atoms with Crippen molar-refractivity contribution in [1.82, 2.24) is 9.55 Å². The number of aromatic nitrogens is 2. The normalized spacial score (nSPS) is 25.9. The first-order valence-electron chi connectivity index (χ1n) is 6.49. The molecule has 17 heavy (non-hydrogen) atoms. The van der Waals surface area contributed by atoms with Crippen LogP contribution >= 0.6 is 0 Å². The SMILES string of the molecule is c1ccc2c(c1)CCC21CCCn2cncc21. The first kappa shape index (κ1) is 9.46. The Kier molecular flexibility index (Phi) is 1.79. The van der Waals surface area contributed by atoms with E-state index in [0.717, 1.165) is 6.54 Å². The van der Waals surface area contributed by atoms with Gasteiger partial charge in [0.25, 0.3) is 0 Å². The molecule has 1 aromatic heterocycles. The first-order valence-corrected chi connectivity index (χ1v) is 6.49. The van der Waals surface area contributed by atoms with Gasteiger partial charge in [0.2, 0.25) is 0 Å². The zero-order valence-corrected chi connectivity index (χ0v) is 9.89. The van der Waals surface area contributed by atoms with Crippen molar-refractivity contribution in [2.45, 2.75) is 37.6 Å². The van der Waals surface area contributed by atoms with Crippen LogP contribution in [0.4, 0.5) is 0 Å². The maximum Gasteiger partial charge on any atom is 0.0948 e. The highest BCUT2D eigenvalue weighted by Gasteiger charge is 2.43. The van der Waals surface area contributed by atoms with Crippen molar-refractivity contribution in [3.05, 3.63) is 53.6 Å². The maximum atomic E-state index is 4.36. The molecule has 86 valence electrons. The van der Waals surface area contributed by atoms with Gasteiger partial charge >= 0.3 is 0 Å². The minimum atomic E-state index is 0.269. The Bertz CT molecular complexity index is 570. The summed E-state index contributed by atoms with van der Waals surface area (Å²) in [6.07, 6.45) is 9.13. The van der Waals surface area contributed by atoms with E-state index in [0.29, 0.717) is 0 Å². The molecule has 1 aliphatic heterocycles. The van der Waals surface area contributed by atoms with Gasteiger partial charge in [-0.25, -0.2) is 4.98 Å². The van der Waals surface area contributed by atoms with E-state index in [1.165, 1.54) is 31.4 Å². The topological polar surface area (TPSA) is 17.8 Å². The molecule has 0 saturated carbocycles. The van der Waals surface area contributed by atoms with E-state index in [-0.39, 0.29) is 5.41 Å². The average Bonchev–Trinajstić information content (AvgIpc) is 2.97. The van der Waals surface area contributed by atoms with Gasteiger partial charge < -0.3 is 4.57 Å². The van der Waals surface area contributed by atoms with Crippen LogP contribution in [0.3, 0.4) is 0 Å². The minimum Gasteiger partial charge on any atom is -0.334 e. The van der Waals surface area contributed by atoms with Gasteiger partial charge in [-0.15, -0.1) is 0 Å². The van der Waals surface area contributed by atoms with E-state index in [4.69, 9.17) is 0 Å². The van der Waals surface area contributed by atoms with Crippen LogP contribution in [0, 0.1) is 0 Å². The lowest BCUT2D eigenvalue weighted by Gasteiger charge is -2.35. The summed E-state index contributed by atoms with van der Waals surface area (Å²) in [7, 11) is 0. The lowest BCUT2D eigenvalue weighted by molar-refractivity contribution is 0.361. The molecule has 2 aliphatic rings. The molecule has 2 nitrogen and oxygen atoms in total. The predicted molar refractivity (Wildman–Crippen MR) is 67.0 cm³/mol. The molecule has 1 spiro atoms. The molecule has 0 N–H and O–H groups in total. The monoisotopic (exact) mass is 224 g/mol. The quantitative estimate of drug-likeness (QED) is 0.672. The van der Waals surface area contributed by atoms with E-state index in [1.807, 2.05) is 6.33 Å². The van der Waals surface area contributed by atoms with E-state index >= 15 is 0 Å². The van der Waals surface area contributed by atoms with Crippen LogP contribution in [0.2, 0.25) is 0 Å². The van der Waals surface area contributed by atoms with Gasteiger partial charge in [0.1, 0.15) is 0 Å². The van der Waals surface area contributed by atoms with Gasteiger partial charge in [-0.05, 0) is 36.8 Å². The van der Waals surface area contributed by atoms with Crippen LogP contribution in [0.5, 0.6) is 0 Å². The molecule has 2 aromatic rings. The maximum absolute atomic E-state index is 4.36. The smallest absolute Gasteiger partial charge is 0.0948 e. The number of fused-ring (bicyclic) bond motifs is 4. The molecule has 2 heteroatoms. The fourth-order valence-corrected chi connectivity index (χ4v) is 3.79. The predicted octanol–water partition coefficient (Wildman–Crippen LogP) is 2.91. The van der Waals surface area contributed by atoms with Gasteiger partial charge in [-0.1, -0.05) is 24.3 Å². The van der Waals surface area contributed by atoms with Gasteiger partial charge in [0.05, 0.1) is 6.33 Å². The number of hydrogen-bond acceptors (Lipinski definition) is 1. The second-order valence-electron chi connectivity index (χ2n) is 5.32. The van der Waals surface area contributed by atoms with Crippen molar-refractivity contribution < 1.29 is 0 Å². The van der Waals surface area contributed by atoms with E-state index < -0.39 is 0 Å². The van der Waals surface area contributed by atoms with Gasteiger partial charge in [-0.2, -0.15) is 0 Å². The van der Waals surface area contributed by atoms with Crippen LogP contribution in [0.1, 0.15) is 36.1 Å². The Morgan fingerprint density at radius 2 is 2.12 bits per heavy atom. The molecule has 2 heterocycles. The number of benzene rings is 1. The first-order chi connectivity index (χ1) is 8.40. The Balaban J connectivity index is 1.97. The molecule has 1 atom stereocenters. The van der Waals surface area contributed by atoms with Crippen molar-refractivity contribution in [1.29, 1.82) is 0 Å². The molecular weight excluding hydrogens is 208 g/mol. The molecule has 0 radical (unpaired) electrons. The summed E-state index contributed by atoms with van der Waals surface area (Å²) in [5, 5.41) is 0. The van der Waals surface area contributed by atoms with Crippen molar-refractivity contribution in [2.24, 2.45) is 0 Å². The zero-order chi connectivity index (χ0) is 11.3. The second-order valence-corrected chi connectivity index (χ2v) is 5.32.